The Labute approximate surface area is 66.4 Å². The van der Waals surface area contributed by atoms with E-state index in [0.29, 0.717) is 12.6 Å². The molecule has 0 saturated heterocycles. The maximum Gasteiger partial charge on any atom is 0.313 e. The molecule has 1 N–H and O–H groups in total. The summed E-state index contributed by atoms with van der Waals surface area (Å²) >= 11 is 0. The Hall–Kier alpha value is -0.830. The average Bonchev–Trinajstić information content (AvgIpc) is 2.05. The molecule has 11 heavy (non-hydrogen) atoms. The number of rotatable bonds is 1. The first-order valence-electron chi connectivity index (χ1n) is 3.73. The van der Waals surface area contributed by atoms with E-state index in [1.54, 1.807) is 0 Å². The van der Waals surface area contributed by atoms with E-state index in [1.807, 2.05) is 19.1 Å². The van der Waals surface area contributed by atoms with Gasteiger partial charge in [-0.05, 0) is 6.92 Å². The van der Waals surface area contributed by atoms with Crippen LogP contribution >= 0.6 is 0 Å². The third kappa shape index (κ3) is 2.05. The van der Waals surface area contributed by atoms with Crippen molar-refractivity contribution in [2.75, 3.05) is 13.7 Å². The van der Waals surface area contributed by atoms with Crippen molar-refractivity contribution >= 4 is 5.97 Å². The molecule has 3 heteroatoms. The van der Waals surface area contributed by atoms with Crippen LogP contribution in [-0.2, 0) is 9.53 Å². The van der Waals surface area contributed by atoms with Crippen LogP contribution in [0, 0.1) is 5.92 Å². The van der Waals surface area contributed by atoms with E-state index in [-0.39, 0.29) is 11.9 Å². The molecule has 3 nitrogen and oxygen atoms in total. The van der Waals surface area contributed by atoms with Crippen LogP contribution < -0.4 is 5.32 Å². The molecule has 1 rings (SSSR count). The van der Waals surface area contributed by atoms with Crippen molar-refractivity contribution in [1.82, 2.24) is 5.32 Å². The van der Waals surface area contributed by atoms with Crippen molar-refractivity contribution in [3.63, 3.8) is 0 Å². The van der Waals surface area contributed by atoms with Gasteiger partial charge in [-0.3, -0.25) is 4.79 Å². The quantitative estimate of drug-likeness (QED) is 0.438. The molecule has 0 aromatic rings. The van der Waals surface area contributed by atoms with Crippen molar-refractivity contribution in [3.05, 3.63) is 12.2 Å². The van der Waals surface area contributed by atoms with Crippen LogP contribution in [0.2, 0.25) is 0 Å². The number of hydrogen-bond acceptors (Lipinski definition) is 3. The maximum absolute atomic E-state index is 11.0. The van der Waals surface area contributed by atoms with E-state index in [4.69, 9.17) is 0 Å². The predicted octanol–water partition coefficient (Wildman–Crippen LogP) is 0.323. The summed E-state index contributed by atoms with van der Waals surface area (Å²) < 4.78 is 4.59. The minimum Gasteiger partial charge on any atom is -0.469 e. The number of methoxy groups -OCH3 is 1. The summed E-state index contributed by atoms with van der Waals surface area (Å²) in [6, 6.07) is 0.371. The van der Waals surface area contributed by atoms with Gasteiger partial charge in [0.25, 0.3) is 0 Å². The summed E-state index contributed by atoms with van der Waals surface area (Å²) in [5.74, 6) is -0.267. The van der Waals surface area contributed by atoms with Gasteiger partial charge < -0.3 is 10.1 Å². The molecule has 0 fully saturated rings. The van der Waals surface area contributed by atoms with Crippen molar-refractivity contribution < 1.29 is 9.53 Å². The van der Waals surface area contributed by atoms with E-state index in [1.165, 1.54) is 7.11 Å². The average molecular weight is 155 g/mol. The van der Waals surface area contributed by atoms with E-state index >= 15 is 0 Å². The molecule has 0 aromatic carbocycles. The van der Waals surface area contributed by atoms with Gasteiger partial charge in [-0.2, -0.15) is 0 Å². The Kier molecular flexibility index (Phi) is 2.65. The van der Waals surface area contributed by atoms with Crippen LogP contribution in [0.3, 0.4) is 0 Å². The zero-order chi connectivity index (χ0) is 8.27. The van der Waals surface area contributed by atoms with Gasteiger partial charge in [0.1, 0.15) is 0 Å². The Bertz CT molecular complexity index is 177. The van der Waals surface area contributed by atoms with Crippen LogP contribution in [-0.4, -0.2) is 25.7 Å². The molecule has 0 bridgehead atoms. The van der Waals surface area contributed by atoms with Gasteiger partial charge in [0.05, 0.1) is 13.0 Å². The molecule has 0 radical (unpaired) electrons. The molecule has 1 aliphatic heterocycles. The lowest BCUT2D eigenvalue weighted by Crippen LogP contribution is -2.36. The fourth-order valence-electron chi connectivity index (χ4n) is 1.06. The molecule has 0 spiro atoms. The molecule has 2 unspecified atom stereocenters. The molecule has 0 amide bonds. The fraction of sp³-hybridized carbons (Fsp3) is 0.625. The molecule has 0 aliphatic carbocycles. The van der Waals surface area contributed by atoms with Gasteiger partial charge in [0, 0.05) is 12.6 Å². The SMILES string of the molecule is COC(=O)C1C=CC(C)NC1. The molecule has 2 atom stereocenters. The monoisotopic (exact) mass is 155 g/mol. The molecule has 62 valence electrons. The molecular weight excluding hydrogens is 142 g/mol. The number of esters is 1. The minimum absolute atomic E-state index is 0.101. The first-order valence-corrected chi connectivity index (χ1v) is 3.73. The standard InChI is InChI=1S/C8H13NO2/c1-6-3-4-7(5-9-6)8(10)11-2/h3-4,6-7,9H,5H2,1-2H3. The van der Waals surface area contributed by atoms with Crippen LogP contribution in [0.15, 0.2) is 12.2 Å². The summed E-state index contributed by atoms with van der Waals surface area (Å²) in [6.45, 7) is 2.73. The Balaban J connectivity index is 2.50. The third-order valence-corrected chi connectivity index (χ3v) is 1.80. The number of hydrogen-bond donors (Lipinski definition) is 1. The highest BCUT2D eigenvalue weighted by molar-refractivity contribution is 5.74. The molecule has 1 aliphatic rings. The highest BCUT2D eigenvalue weighted by Gasteiger charge is 2.19. The van der Waals surface area contributed by atoms with Gasteiger partial charge >= 0.3 is 5.97 Å². The normalized spacial score (nSPS) is 30.0. The molecular formula is C8H13NO2. The molecule has 0 aromatic heterocycles. The van der Waals surface area contributed by atoms with Gasteiger partial charge in [0.15, 0.2) is 0 Å². The minimum atomic E-state index is -0.166. The summed E-state index contributed by atoms with van der Waals surface area (Å²) in [7, 11) is 1.41. The first kappa shape index (κ1) is 8.27. The predicted molar refractivity (Wildman–Crippen MR) is 42.1 cm³/mol. The van der Waals surface area contributed by atoms with Crippen molar-refractivity contribution in [2.45, 2.75) is 13.0 Å². The van der Waals surface area contributed by atoms with Gasteiger partial charge in [-0.15, -0.1) is 0 Å². The van der Waals surface area contributed by atoms with E-state index in [9.17, 15) is 4.79 Å². The number of carbonyl (C=O) groups excluding carboxylic acids is 1. The summed E-state index contributed by atoms with van der Waals surface area (Å²) in [6.07, 6.45) is 3.87. The van der Waals surface area contributed by atoms with E-state index in [0.717, 1.165) is 0 Å². The Morgan fingerprint density at radius 2 is 2.36 bits per heavy atom. The van der Waals surface area contributed by atoms with Gasteiger partial charge in [-0.25, -0.2) is 0 Å². The second-order valence-electron chi connectivity index (χ2n) is 2.71. The second kappa shape index (κ2) is 3.53. The van der Waals surface area contributed by atoms with Crippen LogP contribution in [0.5, 0.6) is 0 Å². The highest BCUT2D eigenvalue weighted by Crippen LogP contribution is 2.06. The lowest BCUT2D eigenvalue weighted by molar-refractivity contribution is -0.143. The largest absolute Gasteiger partial charge is 0.469 e. The van der Waals surface area contributed by atoms with Crippen LogP contribution in [0.1, 0.15) is 6.92 Å². The fourth-order valence-corrected chi connectivity index (χ4v) is 1.06. The highest BCUT2D eigenvalue weighted by atomic mass is 16.5. The number of nitrogens with one attached hydrogen (secondary N) is 1. The van der Waals surface area contributed by atoms with Gasteiger partial charge in [0.2, 0.25) is 0 Å². The van der Waals surface area contributed by atoms with Crippen LogP contribution in [0.4, 0.5) is 0 Å². The van der Waals surface area contributed by atoms with E-state index in [2.05, 4.69) is 10.1 Å². The maximum atomic E-state index is 11.0. The zero-order valence-corrected chi connectivity index (χ0v) is 6.83. The smallest absolute Gasteiger partial charge is 0.313 e. The Morgan fingerprint density at radius 3 is 2.82 bits per heavy atom. The summed E-state index contributed by atoms with van der Waals surface area (Å²) in [5, 5.41) is 3.16. The van der Waals surface area contributed by atoms with Gasteiger partial charge in [-0.1, -0.05) is 12.2 Å². The second-order valence-corrected chi connectivity index (χ2v) is 2.71. The molecule has 0 saturated carbocycles. The summed E-state index contributed by atoms with van der Waals surface area (Å²) in [5.41, 5.74) is 0. The van der Waals surface area contributed by atoms with Crippen molar-refractivity contribution in [1.29, 1.82) is 0 Å². The van der Waals surface area contributed by atoms with Crippen molar-refractivity contribution in [3.8, 4) is 0 Å². The zero-order valence-electron chi connectivity index (χ0n) is 6.83. The lowest BCUT2D eigenvalue weighted by Gasteiger charge is -2.19. The number of carbonyl (C=O) groups is 1. The number of ether oxygens (including phenoxy) is 1. The lowest BCUT2D eigenvalue weighted by atomic mass is 10.0. The van der Waals surface area contributed by atoms with E-state index < -0.39 is 0 Å². The third-order valence-electron chi connectivity index (χ3n) is 1.80. The van der Waals surface area contributed by atoms with Crippen molar-refractivity contribution in [2.24, 2.45) is 5.92 Å². The first-order chi connectivity index (χ1) is 5.24. The topological polar surface area (TPSA) is 38.3 Å². The molecule has 1 heterocycles. The summed E-state index contributed by atoms with van der Waals surface area (Å²) in [4.78, 5) is 11.0. The van der Waals surface area contributed by atoms with Crippen LogP contribution in [0.25, 0.3) is 0 Å². The Morgan fingerprint density at radius 1 is 1.64 bits per heavy atom.